The van der Waals surface area contributed by atoms with E-state index >= 15 is 0 Å². The van der Waals surface area contributed by atoms with Gasteiger partial charge in [-0.05, 0) is 53.5 Å². The SMILES string of the molecule is CCCCCCCCC1CCC1.SCc1ccccc1N1C=C(C2CCCCC2)CN(c2ccccc2CS)N1. The van der Waals surface area contributed by atoms with Crippen LogP contribution in [-0.4, -0.2) is 6.54 Å². The van der Waals surface area contributed by atoms with E-state index in [4.69, 9.17) is 0 Å². The lowest BCUT2D eigenvalue weighted by molar-refractivity contribution is 0.286. The molecule has 1 heterocycles. The molecular formula is C35H53N3S2. The number of nitrogens with zero attached hydrogens (tertiary/aromatic N) is 2. The lowest BCUT2D eigenvalue weighted by Gasteiger charge is -2.41. The Labute approximate surface area is 256 Å². The van der Waals surface area contributed by atoms with Gasteiger partial charge >= 0.3 is 0 Å². The van der Waals surface area contributed by atoms with Crippen molar-refractivity contribution in [3.63, 3.8) is 0 Å². The molecule has 1 aliphatic heterocycles. The molecule has 3 aliphatic rings. The fourth-order valence-corrected chi connectivity index (χ4v) is 6.87. The van der Waals surface area contributed by atoms with E-state index in [2.05, 4.69) is 102 Å². The Morgan fingerprint density at radius 3 is 2.00 bits per heavy atom. The number of hydrogen-bond donors (Lipinski definition) is 3. The molecule has 0 radical (unpaired) electrons. The third-order valence-electron chi connectivity index (χ3n) is 9.06. The van der Waals surface area contributed by atoms with Crippen molar-refractivity contribution < 1.29 is 0 Å². The molecule has 3 nitrogen and oxygen atoms in total. The zero-order valence-electron chi connectivity index (χ0n) is 24.9. The van der Waals surface area contributed by atoms with Crippen LogP contribution in [0.4, 0.5) is 11.4 Å². The van der Waals surface area contributed by atoms with E-state index in [1.54, 1.807) is 0 Å². The minimum atomic E-state index is 0.673. The van der Waals surface area contributed by atoms with Crippen LogP contribution in [0, 0.1) is 11.8 Å². The highest BCUT2D eigenvalue weighted by molar-refractivity contribution is 7.79. The van der Waals surface area contributed by atoms with Crippen LogP contribution >= 0.6 is 25.3 Å². The first-order valence-electron chi connectivity index (χ1n) is 16.1. The maximum Gasteiger partial charge on any atom is 0.0629 e. The molecule has 2 aliphatic carbocycles. The molecule has 5 heteroatoms. The summed E-state index contributed by atoms with van der Waals surface area (Å²) in [6, 6.07) is 17.0. The van der Waals surface area contributed by atoms with Crippen LogP contribution < -0.4 is 15.6 Å². The van der Waals surface area contributed by atoms with Crippen LogP contribution in [0.25, 0.3) is 0 Å². The zero-order valence-corrected chi connectivity index (χ0v) is 26.7. The van der Waals surface area contributed by atoms with E-state index in [1.807, 2.05) is 0 Å². The van der Waals surface area contributed by atoms with Gasteiger partial charge in [0.25, 0.3) is 0 Å². The lowest BCUT2D eigenvalue weighted by atomic mass is 9.81. The van der Waals surface area contributed by atoms with Crippen LogP contribution in [0.2, 0.25) is 0 Å². The molecular weight excluding hydrogens is 527 g/mol. The van der Waals surface area contributed by atoms with E-state index in [0.717, 1.165) is 18.2 Å². The molecule has 2 aromatic rings. The topological polar surface area (TPSA) is 18.5 Å². The molecule has 0 amide bonds. The first-order valence-corrected chi connectivity index (χ1v) is 17.4. The molecule has 2 aromatic carbocycles. The second kappa shape index (κ2) is 17.4. The predicted octanol–water partition coefficient (Wildman–Crippen LogP) is 10.3. The third-order valence-corrected chi connectivity index (χ3v) is 9.74. The maximum atomic E-state index is 4.55. The Kier molecular flexibility index (Phi) is 13.7. The van der Waals surface area contributed by atoms with Crippen LogP contribution in [0.5, 0.6) is 0 Å². The van der Waals surface area contributed by atoms with Crippen molar-refractivity contribution in [3.8, 4) is 0 Å². The summed E-state index contributed by atoms with van der Waals surface area (Å²) in [7, 11) is 0. The molecule has 220 valence electrons. The number of para-hydroxylation sites is 2. The largest absolute Gasteiger partial charge is 0.286 e. The normalized spacial score (nSPS) is 18.1. The Bertz CT molecular complexity index is 1030. The highest BCUT2D eigenvalue weighted by Crippen LogP contribution is 2.35. The minimum absolute atomic E-state index is 0.673. The number of nitrogens with one attached hydrogen (secondary N) is 1. The molecule has 0 saturated heterocycles. The van der Waals surface area contributed by atoms with Crippen molar-refractivity contribution in [3.05, 3.63) is 71.4 Å². The molecule has 0 atom stereocenters. The lowest BCUT2D eigenvalue weighted by Crippen LogP contribution is -2.53. The van der Waals surface area contributed by atoms with Gasteiger partial charge in [0.05, 0.1) is 17.9 Å². The summed E-state index contributed by atoms with van der Waals surface area (Å²) < 4.78 is 0. The fourth-order valence-electron chi connectivity index (χ4n) is 6.34. The van der Waals surface area contributed by atoms with Crippen LogP contribution in [0.15, 0.2) is 60.3 Å². The van der Waals surface area contributed by atoms with E-state index in [-0.39, 0.29) is 0 Å². The monoisotopic (exact) mass is 579 g/mol. The summed E-state index contributed by atoms with van der Waals surface area (Å²) >= 11 is 9.10. The standard InChI is InChI=1S/C23H29N3S2.C12H24/c27-16-19-10-4-6-12-22(19)25-14-21(18-8-2-1-3-9-18)15-26(24-25)23-13-7-5-11-20(23)17-28;1-2-3-4-5-6-7-9-12-10-8-11-12/h4-7,10-14,18,24,27-28H,1-3,8-9,15-17H2;12H,2-11H2,1H3. The number of benzene rings is 2. The van der Waals surface area contributed by atoms with Crippen molar-refractivity contribution in [2.24, 2.45) is 11.8 Å². The first kappa shape index (κ1) is 31.4. The van der Waals surface area contributed by atoms with Crippen molar-refractivity contribution in [2.75, 3.05) is 16.6 Å². The number of hydrogen-bond acceptors (Lipinski definition) is 5. The van der Waals surface area contributed by atoms with E-state index in [0.29, 0.717) is 11.7 Å². The maximum absolute atomic E-state index is 4.55. The smallest absolute Gasteiger partial charge is 0.0629 e. The van der Waals surface area contributed by atoms with Crippen LogP contribution in [-0.2, 0) is 11.5 Å². The second-order valence-corrected chi connectivity index (χ2v) is 12.7. The molecule has 0 aromatic heterocycles. The van der Waals surface area contributed by atoms with Crippen molar-refractivity contribution >= 4 is 36.6 Å². The highest BCUT2D eigenvalue weighted by atomic mass is 32.1. The Hall–Kier alpha value is -1.56. The molecule has 1 N–H and O–H groups in total. The minimum Gasteiger partial charge on any atom is -0.286 e. The summed E-state index contributed by atoms with van der Waals surface area (Å²) in [6.07, 6.45) is 23.9. The Balaban J connectivity index is 0.000000259. The molecule has 0 unspecified atom stereocenters. The number of anilines is 2. The van der Waals surface area contributed by atoms with E-state index in [9.17, 15) is 0 Å². The summed E-state index contributed by atoms with van der Waals surface area (Å²) in [4.78, 5) is 0. The summed E-state index contributed by atoms with van der Waals surface area (Å²) in [6.45, 7) is 3.20. The van der Waals surface area contributed by atoms with Gasteiger partial charge in [0.15, 0.2) is 0 Å². The summed E-state index contributed by atoms with van der Waals surface area (Å²) in [5, 5.41) is 4.47. The van der Waals surface area contributed by atoms with Crippen molar-refractivity contribution in [2.45, 2.75) is 115 Å². The van der Waals surface area contributed by atoms with Crippen molar-refractivity contribution in [1.82, 2.24) is 5.53 Å². The number of hydrazine groups is 2. The zero-order chi connectivity index (χ0) is 28.0. The van der Waals surface area contributed by atoms with Crippen LogP contribution in [0.1, 0.15) is 114 Å². The number of unbranched alkanes of at least 4 members (excludes halogenated alkanes) is 5. The molecule has 40 heavy (non-hydrogen) atoms. The second-order valence-electron chi connectivity index (χ2n) is 12.0. The number of rotatable bonds is 12. The van der Waals surface area contributed by atoms with Gasteiger partial charge in [-0.25, -0.2) is 0 Å². The summed E-state index contributed by atoms with van der Waals surface area (Å²) in [5.74, 6) is 3.25. The predicted molar refractivity (Wildman–Crippen MR) is 181 cm³/mol. The van der Waals surface area contributed by atoms with E-state index < -0.39 is 0 Å². The van der Waals surface area contributed by atoms with Crippen LogP contribution in [0.3, 0.4) is 0 Å². The quantitative estimate of drug-likeness (QED) is 0.172. The third kappa shape index (κ3) is 9.22. The highest BCUT2D eigenvalue weighted by Gasteiger charge is 2.27. The van der Waals surface area contributed by atoms with E-state index in [1.165, 1.54) is 124 Å². The van der Waals surface area contributed by atoms with Gasteiger partial charge in [-0.1, -0.05) is 127 Å². The van der Waals surface area contributed by atoms with Gasteiger partial charge < -0.3 is 0 Å². The Morgan fingerprint density at radius 1 is 0.725 bits per heavy atom. The van der Waals surface area contributed by atoms with Crippen molar-refractivity contribution in [1.29, 1.82) is 0 Å². The fraction of sp³-hybridized carbons (Fsp3) is 0.600. The van der Waals surface area contributed by atoms with Gasteiger partial charge in [-0.3, -0.25) is 10.0 Å². The average molecular weight is 580 g/mol. The van der Waals surface area contributed by atoms with Gasteiger partial charge in [-0.2, -0.15) is 25.3 Å². The summed E-state index contributed by atoms with van der Waals surface area (Å²) in [5.41, 5.74) is 9.97. The molecule has 2 saturated carbocycles. The molecule has 5 rings (SSSR count). The molecule has 0 spiro atoms. The molecule has 2 fully saturated rings. The Morgan fingerprint density at radius 2 is 1.35 bits per heavy atom. The first-order chi connectivity index (χ1) is 19.7. The van der Waals surface area contributed by atoms with Gasteiger partial charge in [0, 0.05) is 17.7 Å². The molecule has 0 bridgehead atoms. The van der Waals surface area contributed by atoms with Gasteiger partial charge in [0.1, 0.15) is 0 Å². The average Bonchev–Trinajstić information content (AvgIpc) is 3.00. The van der Waals surface area contributed by atoms with Gasteiger partial charge in [0.2, 0.25) is 0 Å². The van der Waals surface area contributed by atoms with Gasteiger partial charge in [-0.15, -0.1) is 5.53 Å². The number of thiol groups is 2.